The normalized spacial score (nSPS) is 11.0. The number of fused-ring (bicyclic) bond motifs is 3. The molecule has 0 atom stereocenters. The Labute approximate surface area is 182 Å². The van der Waals surface area contributed by atoms with Crippen molar-refractivity contribution in [3.05, 3.63) is 39.9 Å². The highest BCUT2D eigenvalue weighted by Gasteiger charge is 2.25. The van der Waals surface area contributed by atoms with E-state index in [0.717, 1.165) is 30.8 Å². The van der Waals surface area contributed by atoms with E-state index >= 15 is 0 Å². The predicted octanol–water partition coefficient (Wildman–Crippen LogP) is 4.81. The van der Waals surface area contributed by atoms with E-state index in [-0.39, 0.29) is 22.7 Å². The molecular formula is C18H14N4O5S3. The summed E-state index contributed by atoms with van der Waals surface area (Å²) in [5.74, 6) is -0.279. The molecule has 4 rings (SSSR count). The van der Waals surface area contributed by atoms with Crippen LogP contribution in [0.15, 0.2) is 28.6 Å². The van der Waals surface area contributed by atoms with Gasteiger partial charge in [-0.05, 0) is 18.4 Å². The minimum atomic E-state index is -0.660. The first-order chi connectivity index (χ1) is 14.4. The summed E-state index contributed by atoms with van der Waals surface area (Å²) in [6.07, 6.45) is 1.96. The van der Waals surface area contributed by atoms with Crippen molar-refractivity contribution in [2.24, 2.45) is 0 Å². The van der Waals surface area contributed by atoms with E-state index in [1.54, 1.807) is 23.1 Å². The van der Waals surface area contributed by atoms with Crippen LogP contribution in [0.3, 0.4) is 0 Å². The maximum Gasteiger partial charge on any atom is 0.286 e. The highest BCUT2D eigenvalue weighted by molar-refractivity contribution is 8.00. The lowest BCUT2D eigenvalue weighted by molar-refractivity contribution is -0.385. The number of methoxy groups -OCH3 is 2. The molecule has 2 aromatic carbocycles. The second-order valence-corrected chi connectivity index (χ2v) is 8.95. The quantitative estimate of drug-likeness (QED) is 0.247. The van der Waals surface area contributed by atoms with Gasteiger partial charge in [0.15, 0.2) is 21.0 Å². The van der Waals surface area contributed by atoms with Crippen molar-refractivity contribution in [3.63, 3.8) is 0 Å². The molecule has 154 valence electrons. The van der Waals surface area contributed by atoms with Crippen molar-refractivity contribution in [1.82, 2.24) is 9.97 Å². The number of nitrogens with zero attached hydrogens (tertiary/aromatic N) is 3. The van der Waals surface area contributed by atoms with Gasteiger partial charge in [-0.2, -0.15) is 0 Å². The number of hydrogen-bond donors (Lipinski definition) is 1. The van der Waals surface area contributed by atoms with Gasteiger partial charge in [0.25, 0.3) is 11.6 Å². The van der Waals surface area contributed by atoms with Gasteiger partial charge in [-0.15, -0.1) is 11.3 Å². The molecule has 1 N–H and O–H groups in total. The van der Waals surface area contributed by atoms with Gasteiger partial charge in [-0.3, -0.25) is 20.2 Å². The Morgan fingerprint density at radius 1 is 1.10 bits per heavy atom. The molecule has 2 heterocycles. The molecule has 0 unspecified atom stereocenters. The molecular weight excluding hydrogens is 448 g/mol. The Morgan fingerprint density at radius 2 is 1.73 bits per heavy atom. The lowest BCUT2D eigenvalue weighted by Gasteiger charge is -2.10. The topological polar surface area (TPSA) is 116 Å². The number of nitro groups is 1. The van der Waals surface area contributed by atoms with Crippen LogP contribution < -0.4 is 14.8 Å². The Hall–Kier alpha value is -2.96. The molecule has 0 aliphatic carbocycles. The fraction of sp³-hybridized carbons (Fsp3) is 0.167. The monoisotopic (exact) mass is 462 g/mol. The Morgan fingerprint density at radius 3 is 2.37 bits per heavy atom. The highest BCUT2D eigenvalue weighted by Crippen LogP contribution is 2.39. The summed E-state index contributed by atoms with van der Waals surface area (Å²) in [4.78, 5) is 32.7. The van der Waals surface area contributed by atoms with Crippen LogP contribution in [0.4, 0.5) is 10.8 Å². The number of thioether (sulfide) groups is 1. The first-order valence-electron chi connectivity index (χ1n) is 8.41. The molecule has 0 spiro atoms. The van der Waals surface area contributed by atoms with Crippen LogP contribution in [0.1, 0.15) is 10.4 Å². The van der Waals surface area contributed by atoms with Crippen molar-refractivity contribution in [2.45, 2.75) is 4.34 Å². The van der Waals surface area contributed by atoms with E-state index < -0.39 is 10.8 Å². The third-order valence-corrected chi connectivity index (χ3v) is 7.44. The van der Waals surface area contributed by atoms with Crippen LogP contribution in [0, 0.1) is 10.1 Å². The zero-order chi connectivity index (χ0) is 21.4. The first kappa shape index (κ1) is 20.3. The summed E-state index contributed by atoms with van der Waals surface area (Å²) in [5.41, 5.74) is 1.06. The number of nitrogens with one attached hydrogen (secondary N) is 1. The number of hydrogen-bond acceptors (Lipinski definition) is 10. The summed E-state index contributed by atoms with van der Waals surface area (Å²) in [7, 11) is 2.76. The lowest BCUT2D eigenvalue weighted by atomic mass is 10.1. The summed E-state index contributed by atoms with van der Waals surface area (Å²) in [6, 6.07) is 6.17. The number of thiazole rings is 2. The van der Waals surface area contributed by atoms with Gasteiger partial charge in [0.1, 0.15) is 5.56 Å². The molecule has 30 heavy (non-hydrogen) atoms. The van der Waals surface area contributed by atoms with Gasteiger partial charge in [0.05, 0.1) is 45.6 Å². The second-order valence-electron chi connectivity index (χ2n) is 5.90. The lowest BCUT2D eigenvalue weighted by Crippen LogP contribution is -2.14. The van der Waals surface area contributed by atoms with Gasteiger partial charge in [0, 0.05) is 6.07 Å². The fourth-order valence-corrected chi connectivity index (χ4v) is 5.51. The maximum absolute atomic E-state index is 12.8. The molecule has 0 saturated heterocycles. The third kappa shape index (κ3) is 3.53. The Kier molecular flexibility index (Phi) is 5.45. The molecule has 1 amide bonds. The molecule has 0 aliphatic heterocycles. The summed E-state index contributed by atoms with van der Waals surface area (Å²) < 4.78 is 13.1. The summed E-state index contributed by atoms with van der Waals surface area (Å²) in [6.45, 7) is 0. The predicted molar refractivity (Wildman–Crippen MR) is 119 cm³/mol. The van der Waals surface area contributed by atoms with Gasteiger partial charge in [-0.25, -0.2) is 9.97 Å². The number of carbonyl (C=O) groups excluding carboxylic acids is 1. The highest BCUT2D eigenvalue weighted by atomic mass is 32.2. The van der Waals surface area contributed by atoms with Crippen molar-refractivity contribution in [1.29, 1.82) is 0 Å². The fourth-order valence-electron chi connectivity index (χ4n) is 2.86. The van der Waals surface area contributed by atoms with Gasteiger partial charge < -0.3 is 9.47 Å². The minimum absolute atomic E-state index is 0.149. The number of rotatable bonds is 6. The number of amides is 1. The van der Waals surface area contributed by atoms with Crippen LogP contribution in [0.25, 0.3) is 20.4 Å². The van der Waals surface area contributed by atoms with Crippen LogP contribution in [-0.4, -0.2) is 41.3 Å². The molecule has 0 fully saturated rings. The number of benzene rings is 2. The van der Waals surface area contributed by atoms with Crippen molar-refractivity contribution in [2.75, 3.05) is 25.8 Å². The maximum atomic E-state index is 12.8. The van der Waals surface area contributed by atoms with E-state index in [0.29, 0.717) is 5.13 Å². The average Bonchev–Trinajstić information content (AvgIpc) is 3.35. The molecule has 9 nitrogen and oxygen atoms in total. The average molecular weight is 463 g/mol. The van der Waals surface area contributed by atoms with Crippen LogP contribution in [0.5, 0.6) is 11.5 Å². The zero-order valence-electron chi connectivity index (χ0n) is 15.9. The Balaban J connectivity index is 1.73. The number of aromatic nitrogens is 2. The molecule has 0 radical (unpaired) electrons. The van der Waals surface area contributed by atoms with E-state index in [2.05, 4.69) is 15.3 Å². The number of anilines is 1. The van der Waals surface area contributed by atoms with Gasteiger partial charge >= 0.3 is 0 Å². The van der Waals surface area contributed by atoms with Crippen molar-refractivity contribution < 1.29 is 19.2 Å². The number of nitro benzene ring substituents is 1. The molecule has 12 heteroatoms. The largest absolute Gasteiger partial charge is 0.493 e. The first-order valence-corrected chi connectivity index (χ1v) is 11.3. The van der Waals surface area contributed by atoms with E-state index in [1.165, 1.54) is 31.6 Å². The molecule has 0 saturated carbocycles. The third-order valence-electron chi connectivity index (χ3n) is 4.23. The second kappa shape index (κ2) is 8.05. The molecule has 0 aliphatic rings. The van der Waals surface area contributed by atoms with E-state index in [9.17, 15) is 14.9 Å². The Bertz CT molecular complexity index is 1300. The summed E-state index contributed by atoms with van der Waals surface area (Å²) >= 11 is 4.42. The molecule has 4 aromatic rings. The molecule has 0 bridgehead atoms. The van der Waals surface area contributed by atoms with E-state index in [1.807, 2.05) is 18.4 Å². The van der Waals surface area contributed by atoms with Crippen molar-refractivity contribution in [3.8, 4) is 11.5 Å². The minimum Gasteiger partial charge on any atom is -0.493 e. The van der Waals surface area contributed by atoms with Crippen LogP contribution in [-0.2, 0) is 0 Å². The SMILES string of the molecule is COc1cc(C(=O)Nc2nc3ccc4nc(SC)sc4c3s2)c([N+](=O)[O-])cc1OC. The number of ether oxygens (including phenoxy) is 2. The zero-order valence-corrected chi connectivity index (χ0v) is 18.4. The van der Waals surface area contributed by atoms with Gasteiger partial charge in [-0.1, -0.05) is 23.1 Å². The van der Waals surface area contributed by atoms with E-state index in [4.69, 9.17) is 9.47 Å². The standard InChI is InChI=1S/C18H14N4O5S3/c1-26-12-6-8(11(22(24)25)7-13(12)27-2)16(23)21-17-19-9-4-5-10-15(14(9)29-17)30-18(20-10)28-3/h4-7H,1-3H3,(H,19,21,23). The number of carbonyl (C=O) groups is 1. The summed E-state index contributed by atoms with van der Waals surface area (Å²) in [5, 5.41) is 14.5. The van der Waals surface area contributed by atoms with Crippen LogP contribution in [0.2, 0.25) is 0 Å². The smallest absolute Gasteiger partial charge is 0.286 e. The molecule has 2 aromatic heterocycles. The van der Waals surface area contributed by atoms with Crippen LogP contribution >= 0.6 is 34.4 Å². The van der Waals surface area contributed by atoms with Crippen molar-refractivity contribution >= 4 is 71.6 Å². The van der Waals surface area contributed by atoms with Gasteiger partial charge in [0.2, 0.25) is 0 Å².